The summed E-state index contributed by atoms with van der Waals surface area (Å²) in [5.41, 5.74) is 5.48. The highest BCUT2D eigenvalue weighted by atomic mass is 35.5. The number of hydrogen-bond acceptors (Lipinski definition) is 2. The molecule has 58 valence electrons. The Morgan fingerprint density at radius 1 is 1.60 bits per heavy atom. The van der Waals surface area contributed by atoms with Crippen molar-refractivity contribution in [3.8, 4) is 0 Å². The van der Waals surface area contributed by atoms with Crippen LogP contribution in [0.5, 0.6) is 0 Å². The van der Waals surface area contributed by atoms with E-state index >= 15 is 0 Å². The number of nitrogen functional groups attached to an aromatic ring is 1. The normalized spacial score (nSPS) is 8.90. The van der Waals surface area contributed by atoms with Crippen LogP contribution in [0.1, 0.15) is 0 Å². The summed E-state index contributed by atoms with van der Waals surface area (Å²) in [5, 5.41) is 8.49. The Morgan fingerprint density at radius 2 is 2.30 bits per heavy atom. The molecule has 0 aliphatic heterocycles. The van der Waals surface area contributed by atoms with E-state index in [4.69, 9.17) is 10.8 Å². The number of nitrogens with zero attached hydrogens (tertiary/aromatic N) is 1. The molecule has 0 radical (unpaired) electrons. The van der Waals surface area contributed by atoms with Gasteiger partial charge in [0.05, 0.1) is 6.61 Å². The zero-order valence-electron chi connectivity index (χ0n) is 5.53. The smallest absolute Gasteiger partial charge is 0.103 e. The van der Waals surface area contributed by atoms with Gasteiger partial charge < -0.3 is 15.4 Å². The van der Waals surface area contributed by atoms with Gasteiger partial charge in [-0.05, 0) is 12.1 Å². The first-order valence-electron chi connectivity index (χ1n) is 2.86. The zero-order valence-corrected chi connectivity index (χ0v) is 6.34. The van der Waals surface area contributed by atoms with Gasteiger partial charge in [0, 0.05) is 12.7 Å². The van der Waals surface area contributed by atoms with E-state index < -0.39 is 0 Å². The number of anilines is 1. The summed E-state index contributed by atoms with van der Waals surface area (Å²) in [6.07, 6.45) is 1.84. The van der Waals surface area contributed by atoms with Crippen molar-refractivity contribution in [2.45, 2.75) is 6.54 Å². The largest absolute Gasteiger partial charge is 0.395 e. The molecule has 0 aromatic carbocycles. The lowest BCUT2D eigenvalue weighted by molar-refractivity contribution is 0.277. The van der Waals surface area contributed by atoms with Gasteiger partial charge in [0.1, 0.15) is 5.82 Å². The SMILES string of the molecule is Cl.Nc1cccn1CCO. The molecule has 1 heterocycles. The lowest BCUT2D eigenvalue weighted by Crippen LogP contribution is -2.03. The first kappa shape index (κ1) is 9.33. The molecular formula is C6H11ClN2O. The van der Waals surface area contributed by atoms with Crippen molar-refractivity contribution in [3.05, 3.63) is 18.3 Å². The fraction of sp³-hybridized carbons (Fsp3) is 0.333. The lowest BCUT2D eigenvalue weighted by Gasteiger charge is -2.00. The minimum Gasteiger partial charge on any atom is -0.395 e. The Morgan fingerprint density at radius 3 is 2.70 bits per heavy atom. The van der Waals surface area contributed by atoms with Crippen molar-refractivity contribution < 1.29 is 5.11 Å². The monoisotopic (exact) mass is 162 g/mol. The maximum Gasteiger partial charge on any atom is 0.103 e. The Balaban J connectivity index is 0.000000810. The van der Waals surface area contributed by atoms with E-state index in [1.54, 1.807) is 10.6 Å². The molecule has 0 amide bonds. The van der Waals surface area contributed by atoms with Gasteiger partial charge in [-0.25, -0.2) is 0 Å². The summed E-state index contributed by atoms with van der Waals surface area (Å²) in [7, 11) is 0. The number of aliphatic hydroxyl groups is 1. The molecule has 3 nitrogen and oxygen atoms in total. The molecular weight excluding hydrogens is 152 g/mol. The summed E-state index contributed by atoms with van der Waals surface area (Å²) in [6, 6.07) is 3.65. The van der Waals surface area contributed by atoms with E-state index in [0.29, 0.717) is 12.4 Å². The first-order chi connectivity index (χ1) is 4.34. The summed E-state index contributed by atoms with van der Waals surface area (Å²) in [4.78, 5) is 0. The molecule has 0 atom stereocenters. The van der Waals surface area contributed by atoms with E-state index in [0.717, 1.165) is 0 Å². The van der Waals surface area contributed by atoms with Crippen molar-refractivity contribution in [2.75, 3.05) is 12.3 Å². The van der Waals surface area contributed by atoms with Crippen LogP contribution in [0.2, 0.25) is 0 Å². The third-order valence-electron chi connectivity index (χ3n) is 1.21. The van der Waals surface area contributed by atoms with Crippen molar-refractivity contribution in [3.63, 3.8) is 0 Å². The second-order valence-electron chi connectivity index (χ2n) is 1.85. The van der Waals surface area contributed by atoms with Crippen LogP contribution in [0, 0.1) is 0 Å². The van der Waals surface area contributed by atoms with Crippen LogP contribution in [-0.2, 0) is 6.54 Å². The maximum absolute atomic E-state index is 8.49. The predicted molar refractivity (Wildman–Crippen MR) is 43.2 cm³/mol. The third-order valence-corrected chi connectivity index (χ3v) is 1.21. The van der Waals surface area contributed by atoms with Crippen LogP contribution in [0.25, 0.3) is 0 Å². The van der Waals surface area contributed by atoms with Gasteiger partial charge in [-0.2, -0.15) is 0 Å². The molecule has 0 bridgehead atoms. The van der Waals surface area contributed by atoms with Crippen LogP contribution in [-0.4, -0.2) is 16.3 Å². The zero-order chi connectivity index (χ0) is 6.69. The molecule has 0 aliphatic carbocycles. The highest BCUT2D eigenvalue weighted by molar-refractivity contribution is 5.85. The van der Waals surface area contributed by atoms with E-state index in [1.807, 2.05) is 12.3 Å². The molecule has 3 N–H and O–H groups in total. The fourth-order valence-electron chi connectivity index (χ4n) is 0.739. The quantitative estimate of drug-likeness (QED) is 0.665. The fourth-order valence-corrected chi connectivity index (χ4v) is 0.739. The van der Waals surface area contributed by atoms with Crippen LogP contribution in [0.4, 0.5) is 5.82 Å². The summed E-state index contributed by atoms with van der Waals surface area (Å²) >= 11 is 0. The minimum absolute atomic E-state index is 0. The van der Waals surface area contributed by atoms with Gasteiger partial charge in [0.15, 0.2) is 0 Å². The number of halogens is 1. The Hall–Kier alpha value is -0.670. The van der Waals surface area contributed by atoms with Gasteiger partial charge >= 0.3 is 0 Å². The van der Waals surface area contributed by atoms with Gasteiger partial charge in [0.25, 0.3) is 0 Å². The predicted octanol–water partition coefficient (Wildman–Crippen LogP) is 0.484. The molecule has 0 spiro atoms. The minimum atomic E-state index is 0. The van der Waals surface area contributed by atoms with E-state index in [9.17, 15) is 0 Å². The molecule has 0 saturated carbocycles. The first-order valence-corrected chi connectivity index (χ1v) is 2.86. The Bertz CT molecular complexity index is 188. The lowest BCUT2D eigenvalue weighted by atomic mass is 10.6. The van der Waals surface area contributed by atoms with Gasteiger partial charge in [-0.15, -0.1) is 12.4 Å². The second-order valence-corrected chi connectivity index (χ2v) is 1.85. The summed E-state index contributed by atoms with van der Waals surface area (Å²) in [5.74, 6) is 0.698. The van der Waals surface area contributed by atoms with E-state index in [-0.39, 0.29) is 19.0 Å². The standard InChI is InChI=1S/C6H10N2O.ClH/c7-6-2-1-3-8(6)4-5-9;/h1-3,9H,4-5,7H2;1H. The highest BCUT2D eigenvalue weighted by Crippen LogP contribution is 2.01. The van der Waals surface area contributed by atoms with E-state index in [1.165, 1.54) is 0 Å². The number of hydrogen-bond donors (Lipinski definition) is 2. The molecule has 0 saturated heterocycles. The molecule has 1 aromatic rings. The number of aromatic nitrogens is 1. The van der Waals surface area contributed by atoms with Crippen LogP contribution in [0.15, 0.2) is 18.3 Å². The number of aliphatic hydroxyl groups excluding tert-OH is 1. The van der Waals surface area contributed by atoms with Crippen molar-refractivity contribution in [1.82, 2.24) is 4.57 Å². The maximum atomic E-state index is 8.49. The third kappa shape index (κ3) is 1.93. The highest BCUT2D eigenvalue weighted by Gasteiger charge is 1.91. The van der Waals surface area contributed by atoms with Gasteiger partial charge in [0.2, 0.25) is 0 Å². The molecule has 1 rings (SSSR count). The van der Waals surface area contributed by atoms with Gasteiger partial charge in [-0.3, -0.25) is 0 Å². The second kappa shape index (κ2) is 4.19. The van der Waals surface area contributed by atoms with Crippen LogP contribution >= 0.6 is 12.4 Å². The number of nitrogens with two attached hydrogens (primary N) is 1. The average molecular weight is 163 g/mol. The molecule has 4 heteroatoms. The topological polar surface area (TPSA) is 51.2 Å². The molecule has 0 fully saturated rings. The van der Waals surface area contributed by atoms with Crippen molar-refractivity contribution in [2.24, 2.45) is 0 Å². The number of rotatable bonds is 2. The molecule has 0 unspecified atom stereocenters. The molecule has 1 aromatic heterocycles. The van der Waals surface area contributed by atoms with Gasteiger partial charge in [-0.1, -0.05) is 0 Å². The average Bonchev–Trinajstić information content (AvgIpc) is 2.18. The summed E-state index contributed by atoms with van der Waals surface area (Å²) < 4.78 is 1.79. The van der Waals surface area contributed by atoms with Crippen LogP contribution < -0.4 is 5.73 Å². The molecule has 0 aliphatic rings. The van der Waals surface area contributed by atoms with Crippen molar-refractivity contribution >= 4 is 18.2 Å². The van der Waals surface area contributed by atoms with Crippen molar-refractivity contribution in [1.29, 1.82) is 0 Å². The molecule has 10 heavy (non-hydrogen) atoms. The summed E-state index contributed by atoms with van der Waals surface area (Å²) in [6.45, 7) is 0.720. The Labute approximate surface area is 65.9 Å². The van der Waals surface area contributed by atoms with E-state index in [2.05, 4.69) is 0 Å². The Kier molecular flexibility index (Phi) is 3.91. The van der Waals surface area contributed by atoms with Crippen LogP contribution in [0.3, 0.4) is 0 Å².